The molecule has 0 saturated carbocycles. The van der Waals surface area contributed by atoms with Gasteiger partial charge in [-0.2, -0.15) is 0 Å². The summed E-state index contributed by atoms with van der Waals surface area (Å²) < 4.78 is 6.52. The third-order valence-corrected chi connectivity index (χ3v) is 3.44. The Labute approximate surface area is 106 Å². The number of hydrogen-bond donors (Lipinski definition) is 1. The van der Waals surface area contributed by atoms with Gasteiger partial charge in [0.05, 0.1) is 21.5 Å². The zero-order valence-electron chi connectivity index (χ0n) is 8.39. The van der Waals surface area contributed by atoms with E-state index in [1.54, 1.807) is 23.0 Å². The maximum Gasteiger partial charge on any atom is 0.139 e. The van der Waals surface area contributed by atoms with Crippen LogP contribution in [0, 0.1) is 0 Å². The average Bonchev–Trinajstić information content (AvgIpc) is 2.80. The Bertz CT molecular complexity index is 459. The Hall–Kier alpha value is -0.910. The van der Waals surface area contributed by atoms with Crippen LogP contribution < -0.4 is 4.74 Å². The molecule has 1 aromatic heterocycles. The molecule has 1 N–H and O–H groups in total. The summed E-state index contributed by atoms with van der Waals surface area (Å²) in [5, 5.41) is 9.19. The lowest BCUT2D eigenvalue weighted by Crippen LogP contribution is -1.98. The van der Waals surface area contributed by atoms with E-state index in [1.165, 1.54) is 0 Å². The highest BCUT2D eigenvalue weighted by Gasteiger charge is 2.07. The van der Waals surface area contributed by atoms with Gasteiger partial charge in [-0.25, -0.2) is 0 Å². The van der Waals surface area contributed by atoms with Crippen molar-refractivity contribution < 1.29 is 9.84 Å². The molecule has 0 radical (unpaired) electrons. The van der Waals surface area contributed by atoms with E-state index >= 15 is 0 Å². The molecule has 0 unspecified atom stereocenters. The van der Waals surface area contributed by atoms with E-state index in [2.05, 4.69) is 20.9 Å². The van der Waals surface area contributed by atoms with E-state index in [1.807, 2.05) is 18.2 Å². The van der Waals surface area contributed by atoms with Crippen molar-refractivity contribution in [3.05, 3.63) is 44.8 Å². The summed E-state index contributed by atoms with van der Waals surface area (Å²) in [6.07, 6.45) is 1.78. The van der Waals surface area contributed by atoms with Crippen molar-refractivity contribution >= 4 is 27.3 Å². The molecule has 5 heteroatoms. The Morgan fingerprint density at radius 2 is 2.31 bits per heavy atom. The molecule has 0 amide bonds. The van der Waals surface area contributed by atoms with Gasteiger partial charge in [0.2, 0.25) is 0 Å². The molecule has 0 fully saturated rings. The smallest absolute Gasteiger partial charge is 0.139 e. The molecule has 0 saturated heterocycles. The predicted octanol–water partition coefficient (Wildman–Crippen LogP) is 2.98. The van der Waals surface area contributed by atoms with Gasteiger partial charge >= 0.3 is 0 Å². The van der Waals surface area contributed by atoms with Gasteiger partial charge in [0, 0.05) is 11.8 Å². The standard InChI is InChI=1S/C11H10BrNO2S/c12-10-3-1-2-8(5-14)11(10)15-6-9-4-13-7-16-9/h1-4,7,14H,5-6H2. The second-order valence-corrected chi connectivity index (χ2v) is 4.97. The third-order valence-electron chi connectivity index (χ3n) is 2.06. The molecule has 16 heavy (non-hydrogen) atoms. The summed E-state index contributed by atoms with van der Waals surface area (Å²) in [6, 6.07) is 5.60. The van der Waals surface area contributed by atoms with Gasteiger partial charge in [-0.1, -0.05) is 12.1 Å². The molecule has 2 aromatic rings. The first-order valence-corrected chi connectivity index (χ1v) is 6.37. The number of aliphatic hydroxyl groups excluding tert-OH is 1. The summed E-state index contributed by atoms with van der Waals surface area (Å²) in [6.45, 7) is 0.442. The van der Waals surface area contributed by atoms with Crippen molar-refractivity contribution in [2.75, 3.05) is 0 Å². The van der Waals surface area contributed by atoms with Gasteiger partial charge in [-0.3, -0.25) is 4.98 Å². The van der Waals surface area contributed by atoms with Crippen molar-refractivity contribution in [3.63, 3.8) is 0 Å². The van der Waals surface area contributed by atoms with Crippen LogP contribution in [0.1, 0.15) is 10.4 Å². The zero-order valence-corrected chi connectivity index (χ0v) is 10.8. The van der Waals surface area contributed by atoms with Crippen LogP contribution in [0.2, 0.25) is 0 Å². The summed E-state index contributed by atoms with van der Waals surface area (Å²) in [5.74, 6) is 0.693. The van der Waals surface area contributed by atoms with Gasteiger partial charge in [-0.05, 0) is 22.0 Å². The Kier molecular flexibility index (Phi) is 3.93. The fourth-order valence-corrected chi connectivity index (χ4v) is 2.32. The van der Waals surface area contributed by atoms with Crippen LogP contribution in [0.25, 0.3) is 0 Å². The molecule has 0 aliphatic heterocycles. The SMILES string of the molecule is OCc1cccc(Br)c1OCc1cncs1. The number of benzene rings is 1. The van der Waals surface area contributed by atoms with E-state index in [0.717, 1.165) is 14.9 Å². The van der Waals surface area contributed by atoms with Crippen LogP contribution in [0.5, 0.6) is 5.75 Å². The average molecular weight is 300 g/mol. The molecule has 1 heterocycles. The van der Waals surface area contributed by atoms with Gasteiger partial charge in [0.15, 0.2) is 0 Å². The van der Waals surface area contributed by atoms with Gasteiger partial charge in [0.25, 0.3) is 0 Å². The summed E-state index contributed by atoms with van der Waals surface area (Å²) in [7, 11) is 0. The van der Waals surface area contributed by atoms with Gasteiger partial charge in [-0.15, -0.1) is 11.3 Å². The number of para-hydroxylation sites is 1. The number of nitrogens with zero attached hydrogens (tertiary/aromatic N) is 1. The Balaban J connectivity index is 2.14. The van der Waals surface area contributed by atoms with Crippen molar-refractivity contribution in [1.82, 2.24) is 4.98 Å². The fourth-order valence-electron chi connectivity index (χ4n) is 1.30. The molecule has 2 rings (SSSR count). The number of ether oxygens (including phenoxy) is 1. The third kappa shape index (κ3) is 2.61. The summed E-state index contributed by atoms with van der Waals surface area (Å²) >= 11 is 4.95. The van der Waals surface area contributed by atoms with Crippen molar-refractivity contribution in [2.45, 2.75) is 13.2 Å². The number of hydrogen-bond acceptors (Lipinski definition) is 4. The second-order valence-electron chi connectivity index (χ2n) is 3.14. The monoisotopic (exact) mass is 299 g/mol. The lowest BCUT2D eigenvalue weighted by Gasteiger charge is -2.10. The number of thiazole rings is 1. The first-order valence-electron chi connectivity index (χ1n) is 4.69. The van der Waals surface area contributed by atoms with Crippen LogP contribution in [0.4, 0.5) is 0 Å². The van der Waals surface area contributed by atoms with Gasteiger partial charge in [0.1, 0.15) is 12.4 Å². The highest BCUT2D eigenvalue weighted by atomic mass is 79.9. The molecule has 0 aliphatic carbocycles. The lowest BCUT2D eigenvalue weighted by molar-refractivity contribution is 0.259. The first-order chi connectivity index (χ1) is 7.81. The minimum atomic E-state index is -0.0303. The minimum absolute atomic E-state index is 0.0303. The molecule has 0 bridgehead atoms. The Morgan fingerprint density at radius 3 is 3.00 bits per heavy atom. The van der Waals surface area contributed by atoms with E-state index in [9.17, 15) is 5.11 Å². The van der Waals surface area contributed by atoms with E-state index in [0.29, 0.717) is 12.4 Å². The molecule has 3 nitrogen and oxygen atoms in total. The fraction of sp³-hybridized carbons (Fsp3) is 0.182. The summed E-state index contributed by atoms with van der Waals surface area (Å²) in [4.78, 5) is 5.03. The first kappa shape index (κ1) is 11.6. The van der Waals surface area contributed by atoms with Crippen molar-refractivity contribution in [1.29, 1.82) is 0 Å². The topological polar surface area (TPSA) is 42.4 Å². The molecular formula is C11H10BrNO2S. The van der Waals surface area contributed by atoms with Crippen LogP contribution in [-0.4, -0.2) is 10.1 Å². The second kappa shape index (κ2) is 5.43. The van der Waals surface area contributed by atoms with Crippen molar-refractivity contribution in [2.24, 2.45) is 0 Å². The molecule has 1 aromatic carbocycles. The maximum atomic E-state index is 9.19. The number of aliphatic hydroxyl groups is 1. The van der Waals surface area contributed by atoms with Crippen LogP contribution in [0.15, 0.2) is 34.4 Å². The molecule has 0 spiro atoms. The van der Waals surface area contributed by atoms with E-state index in [4.69, 9.17) is 4.74 Å². The van der Waals surface area contributed by atoms with Crippen LogP contribution >= 0.6 is 27.3 Å². The Morgan fingerprint density at radius 1 is 1.44 bits per heavy atom. The number of halogens is 1. The van der Waals surface area contributed by atoms with E-state index in [-0.39, 0.29) is 6.61 Å². The lowest BCUT2D eigenvalue weighted by atomic mass is 10.2. The highest BCUT2D eigenvalue weighted by Crippen LogP contribution is 2.30. The number of aromatic nitrogens is 1. The molecular weight excluding hydrogens is 290 g/mol. The van der Waals surface area contributed by atoms with E-state index < -0.39 is 0 Å². The zero-order chi connectivity index (χ0) is 11.4. The largest absolute Gasteiger partial charge is 0.486 e. The molecule has 0 aliphatic rings. The van der Waals surface area contributed by atoms with Crippen LogP contribution in [-0.2, 0) is 13.2 Å². The normalized spacial score (nSPS) is 10.4. The van der Waals surface area contributed by atoms with Gasteiger partial charge < -0.3 is 9.84 Å². The number of rotatable bonds is 4. The molecule has 84 valence electrons. The molecule has 0 atom stereocenters. The highest BCUT2D eigenvalue weighted by molar-refractivity contribution is 9.10. The maximum absolute atomic E-state index is 9.19. The minimum Gasteiger partial charge on any atom is -0.486 e. The predicted molar refractivity (Wildman–Crippen MR) is 66.5 cm³/mol. The van der Waals surface area contributed by atoms with Crippen LogP contribution in [0.3, 0.4) is 0 Å². The van der Waals surface area contributed by atoms with Crippen molar-refractivity contribution in [3.8, 4) is 5.75 Å². The summed E-state index contributed by atoms with van der Waals surface area (Å²) in [5.41, 5.74) is 2.55. The quantitative estimate of drug-likeness (QED) is 0.944.